The fourth-order valence-electron chi connectivity index (χ4n) is 1.54. The predicted octanol–water partition coefficient (Wildman–Crippen LogP) is 1.13. The monoisotopic (exact) mass is 265 g/mol. The Morgan fingerprint density at radius 2 is 1.94 bits per heavy atom. The Bertz CT molecular complexity index is 378. The average Bonchev–Trinajstić information content (AvgIpc) is 1.94. The molecule has 1 heterocycles. The van der Waals surface area contributed by atoms with E-state index in [1.807, 2.05) is 0 Å². The van der Waals surface area contributed by atoms with E-state index in [1.54, 1.807) is 20.8 Å². The van der Waals surface area contributed by atoms with E-state index >= 15 is 0 Å². The van der Waals surface area contributed by atoms with Crippen LogP contribution in [-0.2, 0) is 14.9 Å². The molecule has 6 nitrogen and oxygen atoms in total. The molecule has 1 aliphatic heterocycles. The first-order valence-electron chi connectivity index (χ1n) is 5.50. The maximum atomic E-state index is 11.5. The fraction of sp³-hybridized carbons (Fsp3) is 0.900. The number of likely N-dealkylation sites (tertiary alicyclic amines) is 1. The topological polar surface area (TPSA) is 83.9 Å². The van der Waals surface area contributed by atoms with Crippen LogP contribution in [0.4, 0.5) is 4.79 Å². The number of ether oxygens (including phenoxy) is 1. The molecule has 0 aromatic heterocycles. The molecular weight excluding hydrogens is 246 g/mol. The minimum Gasteiger partial charge on any atom is -0.444 e. The number of rotatable bonds is 3. The molecule has 1 rings (SSSR count). The van der Waals surface area contributed by atoms with Gasteiger partial charge in [0.1, 0.15) is 5.60 Å². The van der Waals surface area contributed by atoms with Crippen molar-refractivity contribution < 1.29 is 22.5 Å². The van der Waals surface area contributed by atoms with Crippen molar-refractivity contribution in [3.05, 3.63) is 0 Å². The van der Waals surface area contributed by atoms with Gasteiger partial charge in [0.25, 0.3) is 10.1 Å². The maximum absolute atomic E-state index is 11.5. The van der Waals surface area contributed by atoms with Crippen LogP contribution in [-0.4, -0.2) is 48.4 Å². The van der Waals surface area contributed by atoms with Gasteiger partial charge in [-0.1, -0.05) is 0 Å². The SMILES string of the molecule is CC(C)(C)OC(=O)N1CC(CCS(=O)(=O)O)C1. The zero-order valence-electron chi connectivity index (χ0n) is 10.3. The van der Waals surface area contributed by atoms with Crippen molar-refractivity contribution in [3.63, 3.8) is 0 Å². The first kappa shape index (κ1) is 14.2. The highest BCUT2D eigenvalue weighted by molar-refractivity contribution is 7.85. The lowest BCUT2D eigenvalue weighted by molar-refractivity contribution is -0.00130. The Morgan fingerprint density at radius 1 is 1.41 bits per heavy atom. The molecule has 1 aliphatic rings. The van der Waals surface area contributed by atoms with Crippen molar-refractivity contribution in [2.24, 2.45) is 5.92 Å². The summed E-state index contributed by atoms with van der Waals surface area (Å²) >= 11 is 0. The van der Waals surface area contributed by atoms with Gasteiger partial charge in [-0.3, -0.25) is 4.55 Å². The second-order valence-electron chi connectivity index (χ2n) is 5.33. The van der Waals surface area contributed by atoms with E-state index in [-0.39, 0.29) is 17.8 Å². The number of amides is 1. The number of nitrogens with zero attached hydrogens (tertiary/aromatic N) is 1. The minimum absolute atomic E-state index is 0.129. The van der Waals surface area contributed by atoms with Crippen molar-refractivity contribution in [2.45, 2.75) is 32.8 Å². The van der Waals surface area contributed by atoms with Crippen molar-refractivity contribution in [1.82, 2.24) is 4.90 Å². The Balaban J connectivity index is 2.25. The van der Waals surface area contributed by atoms with E-state index in [2.05, 4.69) is 0 Å². The molecule has 100 valence electrons. The van der Waals surface area contributed by atoms with Crippen molar-refractivity contribution in [3.8, 4) is 0 Å². The van der Waals surface area contributed by atoms with Crippen LogP contribution in [0.15, 0.2) is 0 Å². The molecule has 0 unspecified atom stereocenters. The third-order valence-electron chi connectivity index (χ3n) is 2.39. The van der Waals surface area contributed by atoms with E-state index in [0.29, 0.717) is 19.5 Å². The average molecular weight is 265 g/mol. The summed E-state index contributed by atoms with van der Waals surface area (Å²) in [7, 11) is -3.90. The lowest BCUT2D eigenvalue weighted by Gasteiger charge is -2.39. The Kier molecular flexibility index (Phi) is 4.03. The van der Waals surface area contributed by atoms with E-state index < -0.39 is 15.7 Å². The molecule has 1 saturated heterocycles. The van der Waals surface area contributed by atoms with Crippen molar-refractivity contribution in [2.75, 3.05) is 18.8 Å². The molecule has 0 bridgehead atoms. The normalized spacial score (nSPS) is 17.8. The Labute approximate surface area is 102 Å². The largest absolute Gasteiger partial charge is 0.444 e. The van der Waals surface area contributed by atoms with Crippen LogP contribution in [0.5, 0.6) is 0 Å². The van der Waals surface area contributed by atoms with Gasteiger partial charge in [-0.2, -0.15) is 8.42 Å². The molecule has 1 N–H and O–H groups in total. The molecule has 0 radical (unpaired) electrons. The van der Waals surface area contributed by atoms with Gasteiger partial charge in [0.15, 0.2) is 0 Å². The van der Waals surface area contributed by atoms with Crippen LogP contribution in [0.2, 0.25) is 0 Å². The lowest BCUT2D eigenvalue weighted by atomic mass is 9.98. The van der Waals surface area contributed by atoms with Crippen molar-refractivity contribution >= 4 is 16.2 Å². The second kappa shape index (κ2) is 4.81. The molecule has 0 atom stereocenters. The maximum Gasteiger partial charge on any atom is 0.410 e. The first-order chi connectivity index (χ1) is 7.57. The summed E-state index contributed by atoms with van der Waals surface area (Å²) in [5, 5.41) is 0. The van der Waals surface area contributed by atoms with Crippen LogP contribution in [0, 0.1) is 5.92 Å². The summed E-state index contributed by atoms with van der Waals surface area (Å²) in [6.45, 7) is 6.36. The van der Waals surface area contributed by atoms with Crippen molar-refractivity contribution in [1.29, 1.82) is 0 Å². The lowest BCUT2D eigenvalue weighted by Crippen LogP contribution is -2.51. The van der Waals surface area contributed by atoms with E-state index in [0.717, 1.165) is 0 Å². The van der Waals surface area contributed by atoms with Gasteiger partial charge >= 0.3 is 6.09 Å². The van der Waals surface area contributed by atoms with Crippen LogP contribution < -0.4 is 0 Å². The summed E-state index contributed by atoms with van der Waals surface area (Å²) in [6, 6.07) is 0. The molecule has 0 spiro atoms. The summed E-state index contributed by atoms with van der Waals surface area (Å²) in [6.07, 6.45) is -0.00129. The summed E-state index contributed by atoms with van der Waals surface area (Å²) in [4.78, 5) is 13.1. The van der Waals surface area contributed by atoms with Gasteiger partial charge in [0, 0.05) is 13.1 Å². The molecule has 1 fully saturated rings. The van der Waals surface area contributed by atoms with Crippen LogP contribution in [0.25, 0.3) is 0 Å². The summed E-state index contributed by atoms with van der Waals surface area (Å²) < 4.78 is 34.8. The molecule has 1 amide bonds. The molecule has 7 heteroatoms. The third kappa shape index (κ3) is 5.36. The van der Waals surface area contributed by atoms with E-state index in [4.69, 9.17) is 9.29 Å². The van der Waals surface area contributed by atoms with E-state index in [9.17, 15) is 13.2 Å². The third-order valence-corrected chi connectivity index (χ3v) is 3.14. The highest BCUT2D eigenvalue weighted by Gasteiger charge is 2.33. The second-order valence-corrected chi connectivity index (χ2v) is 6.90. The summed E-state index contributed by atoms with van der Waals surface area (Å²) in [5.41, 5.74) is -0.517. The first-order valence-corrected chi connectivity index (χ1v) is 7.11. The minimum atomic E-state index is -3.90. The number of carbonyl (C=O) groups is 1. The van der Waals surface area contributed by atoms with Gasteiger partial charge in [-0.05, 0) is 33.1 Å². The molecule has 0 aromatic carbocycles. The van der Waals surface area contributed by atoms with Gasteiger partial charge in [0.05, 0.1) is 5.75 Å². The summed E-state index contributed by atoms with van der Waals surface area (Å²) in [5.74, 6) is -0.121. The van der Waals surface area contributed by atoms with Gasteiger partial charge in [-0.25, -0.2) is 4.79 Å². The highest BCUT2D eigenvalue weighted by Crippen LogP contribution is 2.22. The zero-order chi connectivity index (χ0) is 13.3. The molecule has 0 aromatic rings. The van der Waals surface area contributed by atoms with Crippen LogP contribution in [0.3, 0.4) is 0 Å². The smallest absolute Gasteiger partial charge is 0.410 e. The molecule has 0 saturated carbocycles. The van der Waals surface area contributed by atoms with Crippen LogP contribution in [0.1, 0.15) is 27.2 Å². The predicted molar refractivity (Wildman–Crippen MR) is 62.3 cm³/mol. The molecular formula is C10H19NO5S. The quantitative estimate of drug-likeness (QED) is 0.773. The van der Waals surface area contributed by atoms with Gasteiger partial charge in [-0.15, -0.1) is 0 Å². The molecule has 0 aliphatic carbocycles. The van der Waals surface area contributed by atoms with Gasteiger partial charge in [0.2, 0.25) is 0 Å². The van der Waals surface area contributed by atoms with Gasteiger partial charge < -0.3 is 9.64 Å². The van der Waals surface area contributed by atoms with Crippen LogP contribution >= 0.6 is 0 Å². The standard InChI is InChI=1S/C10H19NO5S/c1-10(2,3)16-9(12)11-6-8(7-11)4-5-17(13,14)15/h8H,4-7H2,1-3H3,(H,13,14,15). The molecule has 17 heavy (non-hydrogen) atoms. The highest BCUT2D eigenvalue weighted by atomic mass is 32.2. The Morgan fingerprint density at radius 3 is 2.35 bits per heavy atom. The zero-order valence-corrected chi connectivity index (χ0v) is 11.2. The fourth-order valence-corrected chi connectivity index (χ4v) is 2.17. The number of carbonyl (C=O) groups excluding carboxylic acids is 1. The number of hydrogen-bond acceptors (Lipinski definition) is 4. The Hall–Kier alpha value is -0.820. The number of hydrogen-bond donors (Lipinski definition) is 1. The van der Waals surface area contributed by atoms with E-state index in [1.165, 1.54) is 4.90 Å².